The summed E-state index contributed by atoms with van der Waals surface area (Å²) in [6.07, 6.45) is 43.9. The molecule has 1 saturated heterocycles. The fourth-order valence-corrected chi connectivity index (χ4v) is 8.14. The average molecular weight is 774 g/mol. The second-order valence-electron chi connectivity index (χ2n) is 18.6. The first-order valence-electron chi connectivity index (χ1n) is 23.5. The van der Waals surface area contributed by atoms with Gasteiger partial charge in [0.2, 0.25) is 0 Å². The predicted octanol–water partition coefficient (Wildman–Crippen LogP) is 14.9. The lowest BCUT2D eigenvalue weighted by atomic mass is 9.80. The van der Waals surface area contributed by atoms with Gasteiger partial charge in [-0.3, -0.25) is 14.4 Å². The molecule has 0 radical (unpaired) electrons. The van der Waals surface area contributed by atoms with Crippen molar-refractivity contribution in [1.82, 2.24) is 5.06 Å². The van der Waals surface area contributed by atoms with Crippen LogP contribution in [0.4, 0.5) is 0 Å². The van der Waals surface area contributed by atoms with Gasteiger partial charge in [-0.15, -0.1) is 0 Å². The molecule has 322 valence electrons. The van der Waals surface area contributed by atoms with Gasteiger partial charge in [0.05, 0.1) is 0 Å². The SMILES string of the molecule is CCCCCCCC/C=C/CCCCCCCC(=O)OC1CC(C)(C)N(OCC(C)(C)OC(=O)CCCCCCC/C=C/CCCCCCCC)C(C)(C)C1. The van der Waals surface area contributed by atoms with Crippen molar-refractivity contribution in [2.24, 2.45) is 0 Å². The number of rotatable bonds is 35. The number of ether oxygens (including phenoxy) is 2. The van der Waals surface area contributed by atoms with Gasteiger partial charge < -0.3 is 9.47 Å². The van der Waals surface area contributed by atoms with Gasteiger partial charge in [0.15, 0.2) is 0 Å². The van der Waals surface area contributed by atoms with E-state index in [0.29, 0.717) is 25.7 Å². The number of hydrogen-bond donors (Lipinski definition) is 0. The zero-order chi connectivity index (χ0) is 40.7. The van der Waals surface area contributed by atoms with Crippen LogP contribution in [0.25, 0.3) is 0 Å². The van der Waals surface area contributed by atoms with Crippen molar-refractivity contribution >= 4 is 11.9 Å². The van der Waals surface area contributed by atoms with Crippen molar-refractivity contribution < 1.29 is 23.9 Å². The van der Waals surface area contributed by atoms with Crippen LogP contribution in [0.15, 0.2) is 24.3 Å². The summed E-state index contributed by atoms with van der Waals surface area (Å²) in [4.78, 5) is 32.0. The van der Waals surface area contributed by atoms with Crippen molar-refractivity contribution in [3.8, 4) is 0 Å². The zero-order valence-corrected chi connectivity index (χ0v) is 37.8. The van der Waals surface area contributed by atoms with Crippen LogP contribution in [0, 0.1) is 0 Å². The number of hydrogen-bond acceptors (Lipinski definition) is 6. The summed E-state index contributed by atoms with van der Waals surface area (Å²) in [5, 5.41) is 2.05. The predicted molar refractivity (Wildman–Crippen MR) is 234 cm³/mol. The van der Waals surface area contributed by atoms with Crippen molar-refractivity contribution in [3.63, 3.8) is 0 Å². The number of piperidine rings is 1. The Morgan fingerprint density at radius 1 is 0.545 bits per heavy atom. The maximum absolute atomic E-state index is 12.8. The standard InChI is InChI=1S/C49H91NO5/c1-9-11-13-15-17-19-21-23-25-27-29-31-33-35-37-39-45(51)54-44-41-47(3,4)50(48(5,6)42-44)53-43-49(7,8)55-46(52)40-38-36-34-32-30-28-26-24-22-20-18-16-14-12-10-2/h23-26,44H,9-22,27-43H2,1-8H3/b25-23+,26-24+. The highest BCUT2D eigenvalue weighted by atomic mass is 16.7. The third-order valence-electron chi connectivity index (χ3n) is 11.1. The van der Waals surface area contributed by atoms with E-state index in [4.69, 9.17) is 14.3 Å². The van der Waals surface area contributed by atoms with E-state index in [0.717, 1.165) is 32.1 Å². The van der Waals surface area contributed by atoms with Crippen LogP contribution in [-0.2, 0) is 23.9 Å². The number of hydroxylamine groups is 2. The molecule has 0 amide bonds. The molecule has 0 saturated carbocycles. The first-order valence-corrected chi connectivity index (χ1v) is 23.5. The minimum absolute atomic E-state index is 0.0807. The molecule has 0 unspecified atom stereocenters. The lowest BCUT2D eigenvalue weighted by Gasteiger charge is -2.53. The molecule has 1 aliphatic heterocycles. The molecule has 0 bridgehead atoms. The van der Waals surface area contributed by atoms with E-state index in [1.54, 1.807) is 0 Å². The lowest BCUT2D eigenvalue weighted by Crippen LogP contribution is -2.62. The van der Waals surface area contributed by atoms with E-state index in [2.05, 4.69) is 65.8 Å². The van der Waals surface area contributed by atoms with Crippen molar-refractivity contribution in [1.29, 1.82) is 0 Å². The van der Waals surface area contributed by atoms with Gasteiger partial charge in [-0.05, 0) is 106 Å². The molecule has 1 fully saturated rings. The smallest absolute Gasteiger partial charge is 0.306 e. The highest BCUT2D eigenvalue weighted by Crippen LogP contribution is 2.40. The Hall–Kier alpha value is -1.66. The molecule has 55 heavy (non-hydrogen) atoms. The molecular weight excluding hydrogens is 683 g/mol. The van der Waals surface area contributed by atoms with E-state index in [9.17, 15) is 9.59 Å². The first-order chi connectivity index (χ1) is 26.3. The Morgan fingerprint density at radius 2 is 0.891 bits per heavy atom. The maximum atomic E-state index is 12.8. The average Bonchev–Trinajstić information content (AvgIpc) is 3.10. The highest BCUT2D eigenvalue weighted by molar-refractivity contribution is 5.70. The van der Waals surface area contributed by atoms with Gasteiger partial charge in [-0.2, -0.15) is 5.06 Å². The topological polar surface area (TPSA) is 65.1 Å². The Bertz CT molecular complexity index is 997. The molecule has 0 aromatic carbocycles. The van der Waals surface area contributed by atoms with E-state index >= 15 is 0 Å². The summed E-state index contributed by atoms with van der Waals surface area (Å²) in [7, 11) is 0. The monoisotopic (exact) mass is 774 g/mol. The highest BCUT2D eigenvalue weighted by Gasteiger charge is 2.48. The minimum Gasteiger partial charge on any atom is -0.462 e. The second kappa shape index (κ2) is 31.3. The molecule has 0 aliphatic carbocycles. The number of unbranched alkanes of at least 4 members (excludes halogenated alkanes) is 22. The number of carbonyl (C=O) groups excluding carboxylic acids is 2. The Morgan fingerprint density at radius 3 is 1.29 bits per heavy atom. The van der Waals surface area contributed by atoms with Crippen LogP contribution in [0.1, 0.15) is 248 Å². The fourth-order valence-electron chi connectivity index (χ4n) is 8.14. The number of carbonyl (C=O) groups is 2. The molecule has 6 nitrogen and oxygen atoms in total. The molecule has 0 N–H and O–H groups in total. The van der Waals surface area contributed by atoms with Gasteiger partial charge in [0.1, 0.15) is 18.3 Å². The van der Waals surface area contributed by atoms with E-state index in [1.165, 1.54) is 135 Å². The van der Waals surface area contributed by atoms with Gasteiger partial charge in [0, 0.05) is 36.8 Å². The largest absolute Gasteiger partial charge is 0.462 e. The van der Waals surface area contributed by atoms with Gasteiger partial charge in [-0.25, -0.2) is 0 Å². The van der Waals surface area contributed by atoms with Crippen LogP contribution in [-0.4, -0.2) is 46.4 Å². The summed E-state index contributed by atoms with van der Waals surface area (Å²) in [5.41, 5.74) is -1.43. The summed E-state index contributed by atoms with van der Waals surface area (Å²) in [6, 6.07) is 0. The van der Waals surface area contributed by atoms with Gasteiger partial charge in [0.25, 0.3) is 0 Å². The molecule has 1 aliphatic rings. The van der Waals surface area contributed by atoms with Crippen LogP contribution in [0.3, 0.4) is 0 Å². The Balaban J connectivity index is 2.21. The normalized spacial score (nSPS) is 16.4. The summed E-state index contributed by atoms with van der Waals surface area (Å²) in [6.45, 7) is 17.2. The van der Waals surface area contributed by atoms with E-state index < -0.39 is 5.60 Å². The molecule has 0 atom stereocenters. The first kappa shape index (κ1) is 51.4. The van der Waals surface area contributed by atoms with Crippen LogP contribution in [0.5, 0.6) is 0 Å². The molecule has 0 aromatic rings. The third kappa shape index (κ3) is 27.6. The van der Waals surface area contributed by atoms with Crippen LogP contribution in [0.2, 0.25) is 0 Å². The quantitative estimate of drug-likeness (QED) is 0.0363. The Labute approximate surface area is 341 Å². The van der Waals surface area contributed by atoms with Crippen molar-refractivity contribution in [2.75, 3.05) is 6.61 Å². The fraction of sp³-hybridized carbons (Fsp3) is 0.878. The molecule has 0 aromatic heterocycles. The molecule has 6 heteroatoms. The number of allylic oxidation sites excluding steroid dienone is 4. The van der Waals surface area contributed by atoms with Crippen molar-refractivity contribution in [2.45, 2.75) is 271 Å². The van der Waals surface area contributed by atoms with E-state index in [1.807, 2.05) is 18.9 Å². The van der Waals surface area contributed by atoms with Gasteiger partial charge in [-0.1, -0.05) is 141 Å². The van der Waals surface area contributed by atoms with Crippen molar-refractivity contribution in [3.05, 3.63) is 24.3 Å². The third-order valence-corrected chi connectivity index (χ3v) is 11.1. The summed E-state index contributed by atoms with van der Waals surface area (Å²) >= 11 is 0. The lowest BCUT2D eigenvalue weighted by molar-refractivity contribution is -0.307. The molecule has 0 spiro atoms. The second-order valence-corrected chi connectivity index (χ2v) is 18.6. The maximum Gasteiger partial charge on any atom is 0.306 e. The molecule has 1 rings (SSSR count). The molecule has 1 heterocycles. The number of esters is 2. The van der Waals surface area contributed by atoms with Gasteiger partial charge >= 0.3 is 11.9 Å². The summed E-state index contributed by atoms with van der Waals surface area (Å²) < 4.78 is 11.9. The number of nitrogens with zero attached hydrogens (tertiary/aromatic N) is 1. The molecular formula is C49H91NO5. The summed E-state index contributed by atoms with van der Waals surface area (Å²) in [5.74, 6) is -0.232. The van der Waals surface area contributed by atoms with Crippen LogP contribution >= 0.6 is 0 Å². The minimum atomic E-state index is -0.738. The van der Waals surface area contributed by atoms with E-state index in [-0.39, 0.29) is 35.7 Å². The van der Waals surface area contributed by atoms with Crippen LogP contribution < -0.4 is 0 Å². The zero-order valence-electron chi connectivity index (χ0n) is 37.8. The Kier molecular flexibility index (Phi) is 29.3.